The Morgan fingerprint density at radius 1 is 1.24 bits per heavy atom. The molecule has 2 fully saturated rings. The number of hydrogen-bond donors (Lipinski definition) is 3. The molecular weight excluding hydrogens is 272 g/mol. The second-order valence-electron chi connectivity index (χ2n) is 6.72. The Hall–Kier alpha value is -1.30. The predicted octanol–water partition coefficient (Wildman–Crippen LogP) is 1.74. The van der Waals surface area contributed by atoms with Crippen molar-refractivity contribution in [1.82, 2.24) is 10.6 Å². The summed E-state index contributed by atoms with van der Waals surface area (Å²) >= 11 is 0. The minimum Gasteiger partial charge on any atom is -0.481 e. The summed E-state index contributed by atoms with van der Waals surface area (Å²) in [5.41, 5.74) is -0.0629. The van der Waals surface area contributed by atoms with Crippen molar-refractivity contribution in [2.75, 3.05) is 6.61 Å². The van der Waals surface area contributed by atoms with Crippen molar-refractivity contribution in [3.05, 3.63) is 0 Å². The van der Waals surface area contributed by atoms with E-state index >= 15 is 0 Å². The van der Waals surface area contributed by atoms with Gasteiger partial charge in [-0.25, -0.2) is 4.79 Å². The fourth-order valence-electron chi connectivity index (χ4n) is 3.34. The zero-order valence-electron chi connectivity index (χ0n) is 13.0. The van der Waals surface area contributed by atoms with E-state index < -0.39 is 5.97 Å². The van der Waals surface area contributed by atoms with Crippen LogP contribution in [0.2, 0.25) is 0 Å². The van der Waals surface area contributed by atoms with E-state index in [2.05, 4.69) is 24.5 Å². The molecule has 0 saturated heterocycles. The maximum atomic E-state index is 12.0. The van der Waals surface area contributed by atoms with Gasteiger partial charge in [-0.1, -0.05) is 13.8 Å². The molecule has 2 aliphatic carbocycles. The first-order chi connectivity index (χ1) is 9.84. The quantitative estimate of drug-likeness (QED) is 0.721. The van der Waals surface area contributed by atoms with Crippen LogP contribution in [0.25, 0.3) is 0 Å². The lowest BCUT2D eigenvalue weighted by atomic mass is 9.64. The lowest BCUT2D eigenvalue weighted by Crippen LogP contribution is -2.63. The van der Waals surface area contributed by atoms with Gasteiger partial charge < -0.3 is 20.5 Å². The average Bonchev–Trinajstić information content (AvgIpc) is 2.86. The smallest absolute Gasteiger partial charge is 0.315 e. The molecule has 6 nitrogen and oxygen atoms in total. The molecule has 2 unspecified atom stereocenters. The highest BCUT2D eigenvalue weighted by Crippen LogP contribution is 2.42. The number of carbonyl (C=O) groups excluding carboxylic acids is 1. The van der Waals surface area contributed by atoms with E-state index in [1.54, 1.807) is 0 Å². The second-order valence-corrected chi connectivity index (χ2v) is 6.72. The topological polar surface area (TPSA) is 87.7 Å². The average molecular weight is 298 g/mol. The molecule has 2 saturated carbocycles. The Bertz CT molecular complexity index is 410. The lowest BCUT2D eigenvalue weighted by Gasteiger charge is -2.51. The molecular formula is C15H26N2O4. The van der Waals surface area contributed by atoms with Gasteiger partial charge in [0.1, 0.15) is 0 Å². The van der Waals surface area contributed by atoms with Crippen molar-refractivity contribution in [3.8, 4) is 0 Å². The summed E-state index contributed by atoms with van der Waals surface area (Å²) < 4.78 is 5.64. The first-order valence-corrected chi connectivity index (χ1v) is 7.76. The summed E-state index contributed by atoms with van der Waals surface area (Å²) in [5, 5.41) is 14.8. The van der Waals surface area contributed by atoms with Crippen LogP contribution in [0.4, 0.5) is 4.79 Å². The molecule has 21 heavy (non-hydrogen) atoms. The number of amides is 2. The van der Waals surface area contributed by atoms with Crippen molar-refractivity contribution in [3.63, 3.8) is 0 Å². The fraction of sp³-hybridized carbons (Fsp3) is 0.867. The molecule has 2 amide bonds. The molecule has 120 valence electrons. The van der Waals surface area contributed by atoms with Crippen molar-refractivity contribution >= 4 is 12.0 Å². The SMILES string of the molecule is CCOC1CC(NC(=O)N[C@H]2CC[C@@H](C(=O)O)C2)C1(C)C. The number of nitrogens with one attached hydrogen (secondary N) is 2. The van der Waals surface area contributed by atoms with Crippen LogP contribution in [0.1, 0.15) is 46.5 Å². The third kappa shape index (κ3) is 3.48. The molecule has 0 aromatic heterocycles. The molecule has 6 heteroatoms. The minimum absolute atomic E-state index is 0.0306. The highest BCUT2D eigenvalue weighted by molar-refractivity contribution is 5.75. The van der Waals surface area contributed by atoms with Crippen LogP contribution in [-0.2, 0) is 9.53 Å². The maximum absolute atomic E-state index is 12.0. The zero-order chi connectivity index (χ0) is 15.6. The van der Waals surface area contributed by atoms with E-state index in [-0.39, 0.29) is 35.6 Å². The predicted molar refractivity (Wildman–Crippen MR) is 78.0 cm³/mol. The van der Waals surface area contributed by atoms with Gasteiger partial charge in [0.25, 0.3) is 0 Å². The van der Waals surface area contributed by atoms with Gasteiger partial charge in [0.2, 0.25) is 0 Å². The molecule has 0 heterocycles. The highest BCUT2D eigenvalue weighted by atomic mass is 16.5. The number of aliphatic carboxylic acids is 1. The minimum atomic E-state index is -0.764. The normalized spacial score (nSPS) is 34.0. The van der Waals surface area contributed by atoms with Crippen LogP contribution in [0.15, 0.2) is 0 Å². The Balaban J connectivity index is 1.75. The highest BCUT2D eigenvalue weighted by Gasteiger charge is 2.49. The van der Waals surface area contributed by atoms with Crippen LogP contribution in [0.5, 0.6) is 0 Å². The van der Waals surface area contributed by atoms with Crippen LogP contribution < -0.4 is 10.6 Å². The molecule has 0 bridgehead atoms. The Kier molecular flexibility index (Phi) is 4.76. The Labute approximate surface area is 125 Å². The summed E-state index contributed by atoms with van der Waals surface area (Å²) in [5.74, 6) is -1.09. The van der Waals surface area contributed by atoms with Crippen molar-refractivity contribution in [1.29, 1.82) is 0 Å². The van der Waals surface area contributed by atoms with Gasteiger partial charge in [-0.05, 0) is 32.6 Å². The monoisotopic (exact) mass is 298 g/mol. The van der Waals surface area contributed by atoms with Crippen molar-refractivity contribution < 1.29 is 19.4 Å². The largest absolute Gasteiger partial charge is 0.481 e. The summed E-state index contributed by atoms with van der Waals surface area (Å²) in [6, 6.07) is -0.123. The number of carbonyl (C=O) groups is 2. The number of carboxylic acids is 1. The van der Waals surface area contributed by atoms with E-state index in [0.717, 1.165) is 12.8 Å². The number of carboxylic acid groups (broad SMARTS) is 1. The summed E-state index contributed by atoms with van der Waals surface area (Å²) in [4.78, 5) is 22.9. The summed E-state index contributed by atoms with van der Waals surface area (Å²) in [6.07, 6.45) is 2.92. The van der Waals surface area contributed by atoms with Crippen LogP contribution in [0, 0.1) is 11.3 Å². The van der Waals surface area contributed by atoms with Gasteiger partial charge in [-0.3, -0.25) is 4.79 Å². The van der Waals surface area contributed by atoms with E-state index in [1.807, 2.05) is 6.92 Å². The van der Waals surface area contributed by atoms with Gasteiger partial charge in [0, 0.05) is 24.1 Å². The van der Waals surface area contributed by atoms with Gasteiger partial charge in [-0.2, -0.15) is 0 Å². The Morgan fingerprint density at radius 3 is 2.48 bits per heavy atom. The fourth-order valence-corrected chi connectivity index (χ4v) is 3.34. The lowest BCUT2D eigenvalue weighted by molar-refractivity contribution is -0.141. The van der Waals surface area contributed by atoms with Gasteiger partial charge in [0.15, 0.2) is 0 Å². The number of rotatable bonds is 5. The van der Waals surface area contributed by atoms with E-state index in [0.29, 0.717) is 19.4 Å². The summed E-state index contributed by atoms with van der Waals surface area (Å²) in [7, 11) is 0. The van der Waals surface area contributed by atoms with Crippen molar-refractivity contribution in [2.45, 2.75) is 64.6 Å². The van der Waals surface area contributed by atoms with Gasteiger partial charge in [-0.15, -0.1) is 0 Å². The molecule has 4 atom stereocenters. The molecule has 3 N–H and O–H groups in total. The van der Waals surface area contributed by atoms with E-state index in [1.165, 1.54) is 0 Å². The summed E-state index contributed by atoms with van der Waals surface area (Å²) in [6.45, 7) is 6.85. The van der Waals surface area contributed by atoms with Crippen LogP contribution in [-0.4, -0.2) is 41.9 Å². The third-order valence-corrected chi connectivity index (χ3v) is 4.97. The molecule has 0 spiro atoms. The molecule has 0 aliphatic heterocycles. The van der Waals surface area contributed by atoms with Crippen molar-refractivity contribution in [2.24, 2.45) is 11.3 Å². The standard InChI is InChI=1S/C15H26N2O4/c1-4-21-12-8-11(15(12,2)3)17-14(20)16-10-6-5-9(7-10)13(18)19/h9-12H,4-8H2,1-3H3,(H,18,19)(H2,16,17,20)/t9-,10+,11?,12?/m1/s1. The number of ether oxygens (including phenoxy) is 1. The maximum Gasteiger partial charge on any atom is 0.315 e. The van der Waals surface area contributed by atoms with Crippen LogP contribution in [0.3, 0.4) is 0 Å². The molecule has 0 radical (unpaired) electrons. The third-order valence-electron chi connectivity index (χ3n) is 4.97. The van der Waals surface area contributed by atoms with Gasteiger partial charge >= 0.3 is 12.0 Å². The molecule has 2 rings (SSSR count). The van der Waals surface area contributed by atoms with E-state index in [9.17, 15) is 9.59 Å². The van der Waals surface area contributed by atoms with Gasteiger partial charge in [0.05, 0.1) is 12.0 Å². The first-order valence-electron chi connectivity index (χ1n) is 7.76. The van der Waals surface area contributed by atoms with E-state index in [4.69, 9.17) is 9.84 Å². The first kappa shape index (κ1) is 16.1. The van der Waals surface area contributed by atoms with Crippen LogP contribution >= 0.6 is 0 Å². The molecule has 2 aliphatic rings. The number of hydrogen-bond acceptors (Lipinski definition) is 3. The zero-order valence-corrected chi connectivity index (χ0v) is 13.0. The molecule has 0 aromatic carbocycles. The number of urea groups is 1. The molecule has 0 aromatic rings. The Morgan fingerprint density at radius 2 is 1.95 bits per heavy atom. The second kappa shape index (κ2) is 6.22.